The van der Waals surface area contributed by atoms with Gasteiger partial charge in [0.15, 0.2) is 15.5 Å². The number of carbonyl (C=O) groups excluding carboxylic acids is 1. The third-order valence-corrected chi connectivity index (χ3v) is 2.53. The van der Waals surface area contributed by atoms with Crippen LogP contribution in [-0.2, 0) is 16.0 Å². The second-order valence-corrected chi connectivity index (χ2v) is 5.51. The fourth-order valence-electron chi connectivity index (χ4n) is 1.05. The van der Waals surface area contributed by atoms with Gasteiger partial charge in [-0.15, -0.1) is 0 Å². The van der Waals surface area contributed by atoms with E-state index in [9.17, 15) is 26.4 Å². The number of nitrogens with one attached hydrogen (secondary N) is 2. The van der Waals surface area contributed by atoms with Crippen molar-refractivity contribution in [3.05, 3.63) is 28.9 Å². The van der Waals surface area contributed by atoms with Gasteiger partial charge in [-0.3, -0.25) is 9.89 Å². The van der Waals surface area contributed by atoms with Crippen molar-refractivity contribution in [3.63, 3.8) is 0 Å². The van der Waals surface area contributed by atoms with Gasteiger partial charge >= 0.3 is 6.18 Å². The maximum absolute atomic E-state index is 12.2. The number of hydrogen-bond donors (Lipinski definition) is 2. The molecular weight excluding hydrogens is 287 g/mol. The monoisotopic (exact) mass is 297 g/mol. The molecule has 106 valence electrons. The molecule has 10 heteroatoms. The zero-order valence-electron chi connectivity index (χ0n) is 9.65. The molecule has 0 atom stereocenters. The van der Waals surface area contributed by atoms with Gasteiger partial charge in [0.05, 0.1) is 0 Å². The van der Waals surface area contributed by atoms with Crippen LogP contribution in [0.2, 0.25) is 0 Å². The molecule has 1 aromatic heterocycles. The standard InChI is InChI=1S/C9H10F3N3O3S/c1-19(17,18)4-2-3-13-8(16)6-5-7(15-14-6)9(10,11)12/h2,4-5H,3H2,1H3,(H,13,16)(H,14,15)/b4-2+. The Bertz CT molecular complexity index is 589. The van der Waals surface area contributed by atoms with Crippen molar-refractivity contribution in [2.24, 2.45) is 0 Å². The molecule has 0 spiro atoms. The number of sulfone groups is 1. The van der Waals surface area contributed by atoms with Crippen molar-refractivity contribution in [2.75, 3.05) is 12.8 Å². The van der Waals surface area contributed by atoms with Crippen LogP contribution in [0.25, 0.3) is 0 Å². The molecule has 0 aromatic carbocycles. The third kappa shape index (κ3) is 5.12. The van der Waals surface area contributed by atoms with Crippen molar-refractivity contribution in [3.8, 4) is 0 Å². The molecule has 1 heterocycles. The molecule has 0 unspecified atom stereocenters. The summed E-state index contributed by atoms with van der Waals surface area (Å²) in [5, 5.41) is 7.97. The van der Waals surface area contributed by atoms with Gasteiger partial charge in [0.2, 0.25) is 0 Å². The quantitative estimate of drug-likeness (QED) is 0.856. The summed E-state index contributed by atoms with van der Waals surface area (Å²) in [7, 11) is -3.30. The van der Waals surface area contributed by atoms with E-state index in [2.05, 4.69) is 10.4 Å². The van der Waals surface area contributed by atoms with Gasteiger partial charge in [-0.05, 0) is 0 Å². The summed E-state index contributed by atoms with van der Waals surface area (Å²) < 4.78 is 58.1. The molecule has 1 rings (SSSR count). The predicted molar refractivity (Wildman–Crippen MR) is 59.9 cm³/mol. The Kier molecular flexibility index (Phi) is 4.35. The average Bonchev–Trinajstić information content (AvgIpc) is 2.71. The van der Waals surface area contributed by atoms with E-state index in [0.29, 0.717) is 6.07 Å². The van der Waals surface area contributed by atoms with E-state index in [0.717, 1.165) is 17.7 Å². The summed E-state index contributed by atoms with van der Waals surface area (Å²) in [6.07, 6.45) is -2.49. The van der Waals surface area contributed by atoms with Crippen LogP contribution in [0.15, 0.2) is 17.6 Å². The van der Waals surface area contributed by atoms with Gasteiger partial charge in [0.1, 0.15) is 5.69 Å². The first-order chi connectivity index (χ1) is 8.59. The molecule has 0 fully saturated rings. The highest BCUT2D eigenvalue weighted by molar-refractivity contribution is 7.93. The van der Waals surface area contributed by atoms with Crippen LogP contribution in [-0.4, -0.2) is 37.3 Å². The highest BCUT2D eigenvalue weighted by Gasteiger charge is 2.33. The molecular formula is C9H10F3N3O3S. The Hall–Kier alpha value is -1.84. The largest absolute Gasteiger partial charge is 0.432 e. The molecule has 0 radical (unpaired) electrons. The third-order valence-electron chi connectivity index (χ3n) is 1.84. The van der Waals surface area contributed by atoms with Gasteiger partial charge in [-0.25, -0.2) is 8.42 Å². The summed E-state index contributed by atoms with van der Waals surface area (Å²) in [6, 6.07) is 0.565. The van der Waals surface area contributed by atoms with E-state index in [-0.39, 0.29) is 6.54 Å². The molecule has 0 aliphatic rings. The Morgan fingerprint density at radius 2 is 2.16 bits per heavy atom. The minimum Gasteiger partial charge on any atom is -0.347 e. The minimum absolute atomic E-state index is 0.139. The Labute approximate surface area is 106 Å². The molecule has 0 saturated carbocycles. The van der Waals surface area contributed by atoms with Gasteiger partial charge in [0, 0.05) is 24.3 Å². The van der Waals surface area contributed by atoms with Crippen molar-refractivity contribution in [2.45, 2.75) is 6.18 Å². The van der Waals surface area contributed by atoms with Gasteiger partial charge in [0.25, 0.3) is 5.91 Å². The molecule has 19 heavy (non-hydrogen) atoms. The maximum atomic E-state index is 12.2. The number of amides is 1. The fourth-order valence-corrected chi connectivity index (χ4v) is 1.49. The van der Waals surface area contributed by atoms with Gasteiger partial charge in [-0.2, -0.15) is 18.3 Å². The lowest BCUT2D eigenvalue weighted by Crippen LogP contribution is -2.23. The highest BCUT2D eigenvalue weighted by Crippen LogP contribution is 2.27. The zero-order valence-corrected chi connectivity index (χ0v) is 10.5. The van der Waals surface area contributed by atoms with E-state index in [4.69, 9.17) is 0 Å². The lowest BCUT2D eigenvalue weighted by atomic mass is 10.3. The average molecular weight is 297 g/mol. The first-order valence-electron chi connectivity index (χ1n) is 4.87. The summed E-state index contributed by atoms with van der Waals surface area (Å²) in [6.45, 7) is -0.139. The number of rotatable bonds is 4. The fraction of sp³-hybridized carbons (Fsp3) is 0.333. The van der Waals surface area contributed by atoms with Gasteiger partial charge in [-0.1, -0.05) is 6.08 Å². The summed E-state index contributed by atoms with van der Waals surface area (Å²) in [5.74, 6) is -0.843. The first kappa shape index (κ1) is 15.2. The SMILES string of the molecule is CS(=O)(=O)/C=C/CNC(=O)c1cc(C(F)(F)F)[nH]n1. The highest BCUT2D eigenvalue weighted by atomic mass is 32.2. The second kappa shape index (κ2) is 5.43. The van der Waals surface area contributed by atoms with Crippen molar-refractivity contribution >= 4 is 15.7 Å². The predicted octanol–water partition coefficient (Wildman–Crippen LogP) is 0.717. The molecule has 0 aliphatic heterocycles. The van der Waals surface area contributed by atoms with Gasteiger partial charge < -0.3 is 5.32 Å². The lowest BCUT2D eigenvalue weighted by Gasteiger charge is -2.00. The van der Waals surface area contributed by atoms with Crippen LogP contribution in [0, 0.1) is 0 Å². The van der Waals surface area contributed by atoms with Crippen LogP contribution < -0.4 is 5.32 Å². The minimum atomic E-state index is -4.61. The molecule has 1 aromatic rings. The van der Waals surface area contributed by atoms with Crippen LogP contribution in [0.5, 0.6) is 0 Å². The number of halogens is 3. The number of aromatic amines is 1. The number of hydrogen-bond acceptors (Lipinski definition) is 4. The van der Waals surface area contributed by atoms with Crippen LogP contribution in [0.1, 0.15) is 16.2 Å². The number of H-pyrrole nitrogens is 1. The molecule has 2 N–H and O–H groups in total. The van der Waals surface area contributed by atoms with Crippen molar-refractivity contribution in [1.29, 1.82) is 0 Å². The lowest BCUT2D eigenvalue weighted by molar-refractivity contribution is -0.141. The smallest absolute Gasteiger partial charge is 0.347 e. The topological polar surface area (TPSA) is 91.9 Å². The van der Waals surface area contributed by atoms with Crippen LogP contribution in [0.3, 0.4) is 0 Å². The summed E-state index contributed by atoms with van der Waals surface area (Å²) in [4.78, 5) is 11.4. The number of aromatic nitrogens is 2. The van der Waals surface area contributed by atoms with E-state index in [1.54, 1.807) is 5.10 Å². The molecule has 0 saturated heterocycles. The molecule has 6 nitrogen and oxygen atoms in total. The van der Waals surface area contributed by atoms with E-state index in [1.165, 1.54) is 0 Å². The van der Waals surface area contributed by atoms with Crippen LogP contribution >= 0.6 is 0 Å². The second-order valence-electron chi connectivity index (χ2n) is 3.58. The maximum Gasteiger partial charge on any atom is 0.432 e. The van der Waals surface area contributed by atoms with Crippen molar-refractivity contribution < 1.29 is 26.4 Å². The summed E-state index contributed by atoms with van der Waals surface area (Å²) in [5.41, 5.74) is -1.57. The van der Waals surface area contributed by atoms with Crippen molar-refractivity contribution in [1.82, 2.24) is 15.5 Å². The molecule has 1 amide bonds. The number of alkyl halides is 3. The van der Waals surface area contributed by atoms with Crippen LogP contribution in [0.4, 0.5) is 13.2 Å². The number of carbonyl (C=O) groups is 1. The zero-order chi connectivity index (χ0) is 14.7. The normalized spacial score (nSPS) is 12.8. The van der Waals surface area contributed by atoms with E-state index >= 15 is 0 Å². The van der Waals surface area contributed by atoms with E-state index in [1.807, 2.05) is 0 Å². The molecule has 0 aliphatic carbocycles. The molecule has 0 bridgehead atoms. The van der Waals surface area contributed by atoms with E-state index < -0.39 is 33.3 Å². The first-order valence-corrected chi connectivity index (χ1v) is 6.82. The summed E-state index contributed by atoms with van der Waals surface area (Å²) >= 11 is 0. The Morgan fingerprint density at radius 3 is 2.63 bits per heavy atom. The Balaban J connectivity index is 2.60. The number of nitrogens with zero attached hydrogens (tertiary/aromatic N) is 1. The Morgan fingerprint density at radius 1 is 1.53 bits per heavy atom.